The number of thiophene rings is 1. The number of carbonyl (C=O) groups is 1. The first-order chi connectivity index (χ1) is 15.1. The number of thiazole rings is 1. The number of rotatable bonds is 4. The zero-order valence-corrected chi connectivity index (χ0v) is 18.4. The van der Waals surface area contributed by atoms with Crippen molar-refractivity contribution in [2.24, 2.45) is 4.99 Å². The molecule has 1 unspecified atom stereocenters. The molecule has 158 valence electrons. The fourth-order valence-corrected chi connectivity index (χ4v) is 5.53. The highest BCUT2D eigenvalue weighted by Gasteiger charge is 2.33. The van der Waals surface area contributed by atoms with Gasteiger partial charge in [-0.2, -0.15) is 0 Å². The second-order valence-corrected chi connectivity index (χ2v) is 8.92. The van der Waals surface area contributed by atoms with Crippen LogP contribution in [0.1, 0.15) is 30.3 Å². The van der Waals surface area contributed by atoms with Gasteiger partial charge in [-0.1, -0.05) is 23.5 Å². The average molecular weight is 455 g/mol. The normalized spacial score (nSPS) is 17.5. The van der Waals surface area contributed by atoms with E-state index in [1.54, 1.807) is 24.5 Å². The maximum Gasteiger partial charge on any atom is 0.338 e. The van der Waals surface area contributed by atoms with E-state index in [4.69, 9.17) is 14.2 Å². The minimum absolute atomic E-state index is 0.192. The summed E-state index contributed by atoms with van der Waals surface area (Å²) >= 11 is 2.79. The first kappa shape index (κ1) is 19.8. The molecule has 31 heavy (non-hydrogen) atoms. The smallest absolute Gasteiger partial charge is 0.338 e. The predicted molar refractivity (Wildman–Crippen MR) is 117 cm³/mol. The van der Waals surface area contributed by atoms with E-state index >= 15 is 0 Å². The lowest BCUT2D eigenvalue weighted by molar-refractivity contribution is -0.139. The summed E-state index contributed by atoms with van der Waals surface area (Å²) in [7, 11) is 0. The van der Waals surface area contributed by atoms with E-state index in [0.717, 1.165) is 10.4 Å². The number of nitrogens with zero attached hydrogens (tertiary/aromatic N) is 2. The van der Waals surface area contributed by atoms with Gasteiger partial charge in [0.2, 0.25) is 6.79 Å². The molecule has 5 rings (SSSR count). The van der Waals surface area contributed by atoms with Crippen LogP contribution >= 0.6 is 22.7 Å². The molecule has 0 amide bonds. The molecule has 1 atom stereocenters. The van der Waals surface area contributed by atoms with Crippen LogP contribution in [0.25, 0.3) is 6.08 Å². The Labute approximate surface area is 185 Å². The Kier molecular flexibility index (Phi) is 4.99. The fraction of sp³-hybridized carbons (Fsp3) is 0.227. The number of hydrogen-bond donors (Lipinski definition) is 0. The highest BCUT2D eigenvalue weighted by molar-refractivity contribution is 7.10. The van der Waals surface area contributed by atoms with E-state index in [1.807, 2.05) is 35.7 Å². The van der Waals surface area contributed by atoms with Crippen molar-refractivity contribution in [3.8, 4) is 11.5 Å². The van der Waals surface area contributed by atoms with Crippen LogP contribution in [0.2, 0.25) is 0 Å². The van der Waals surface area contributed by atoms with Gasteiger partial charge >= 0.3 is 5.97 Å². The third-order valence-corrected chi connectivity index (χ3v) is 6.93. The lowest BCUT2D eigenvalue weighted by Gasteiger charge is -2.23. The van der Waals surface area contributed by atoms with Gasteiger partial charge in [-0.05, 0) is 49.1 Å². The minimum atomic E-state index is -0.561. The molecule has 1 aromatic carbocycles. The molecule has 3 aromatic rings. The SMILES string of the molecule is CCOC(=O)C1=C(C)N=c2s/c(=C/c3ccc4c(c3)OCO4)c(=O)n2C1c1cccs1. The predicted octanol–water partition coefficient (Wildman–Crippen LogP) is 2.59. The van der Waals surface area contributed by atoms with Crippen molar-refractivity contribution in [1.29, 1.82) is 0 Å². The van der Waals surface area contributed by atoms with Crippen molar-refractivity contribution < 1.29 is 19.0 Å². The molecular formula is C22H18N2O5S2. The summed E-state index contributed by atoms with van der Waals surface area (Å²) in [5.74, 6) is 0.886. The minimum Gasteiger partial charge on any atom is -0.463 e. The van der Waals surface area contributed by atoms with Crippen LogP contribution in [-0.4, -0.2) is 23.9 Å². The van der Waals surface area contributed by atoms with Crippen LogP contribution < -0.4 is 24.4 Å². The summed E-state index contributed by atoms with van der Waals surface area (Å²) in [6.07, 6.45) is 1.81. The second kappa shape index (κ2) is 7.82. The maximum atomic E-state index is 13.4. The molecule has 0 N–H and O–H groups in total. The Morgan fingerprint density at radius 1 is 1.32 bits per heavy atom. The Bertz CT molecular complexity index is 1380. The molecule has 0 fully saturated rings. The molecule has 9 heteroatoms. The number of benzene rings is 1. The van der Waals surface area contributed by atoms with Gasteiger partial charge in [0.25, 0.3) is 5.56 Å². The van der Waals surface area contributed by atoms with Gasteiger partial charge in [-0.3, -0.25) is 9.36 Å². The number of esters is 1. The van der Waals surface area contributed by atoms with Gasteiger partial charge < -0.3 is 14.2 Å². The third kappa shape index (κ3) is 3.39. The summed E-state index contributed by atoms with van der Waals surface area (Å²) in [4.78, 5) is 32.2. The first-order valence-corrected chi connectivity index (χ1v) is 11.4. The highest BCUT2D eigenvalue weighted by atomic mass is 32.1. The van der Waals surface area contributed by atoms with Crippen molar-refractivity contribution in [1.82, 2.24) is 4.57 Å². The molecule has 7 nitrogen and oxygen atoms in total. The van der Waals surface area contributed by atoms with Gasteiger partial charge in [-0.15, -0.1) is 11.3 Å². The third-order valence-electron chi connectivity index (χ3n) is 5.02. The van der Waals surface area contributed by atoms with Gasteiger partial charge in [0.15, 0.2) is 16.3 Å². The largest absolute Gasteiger partial charge is 0.463 e. The molecule has 0 saturated carbocycles. The van der Waals surface area contributed by atoms with Crippen LogP contribution in [0.15, 0.2) is 56.8 Å². The molecule has 4 heterocycles. The molecule has 0 saturated heterocycles. The monoisotopic (exact) mass is 454 g/mol. The van der Waals surface area contributed by atoms with Gasteiger partial charge in [0.05, 0.1) is 22.4 Å². The maximum absolute atomic E-state index is 13.4. The Morgan fingerprint density at radius 2 is 2.16 bits per heavy atom. The number of fused-ring (bicyclic) bond motifs is 2. The van der Waals surface area contributed by atoms with Crippen LogP contribution in [-0.2, 0) is 9.53 Å². The van der Waals surface area contributed by atoms with Crippen LogP contribution in [0.3, 0.4) is 0 Å². The number of ether oxygens (including phenoxy) is 3. The molecule has 0 radical (unpaired) electrons. The van der Waals surface area contributed by atoms with Gasteiger partial charge in [0, 0.05) is 4.88 Å². The van der Waals surface area contributed by atoms with E-state index in [9.17, 15) is 9.59 Å². The summed E-state index contributed by atoms with van der Waals surface area (Å²) < 4.78 is 18.2. The summed E-state index contributed by atoms with van der Waals surface area (Å²) in [6.45, 7) is 3.98. The van der Waals surface area contributed by atoms with E-state index < -0.39 is 12.0 Å². The second-order valence-electron chi connectivity index (χ2n) is 6.93. The lowest BCUT2D eigenvalue weighted by Crippen LogP contribution is -2.39. The Hall–Kier alpha value is -3.17. The van der Waals surface area contributed by atoms with Crippen LogP contribution in [0.5, 0.6) is 11.5 Å². The summed E-state index contributed by atoms with van der Waals surface area (Å²) in [5, 5.41) is 1.93. The average Bonchev–Trinajstić information content (AvgIpc) is 3.48. The number of allylic oxidation sites excluding steroid dienone is 1. The van der Waals surface area contributed by atoms with Crippen molar-refractivity contribution >= 4 is 34.7 Å². The standard InChI is InChI=1S/C22H18N2O5S2/c1-3-27-21(26)18-12(2)23-22-24(19(18)16-5-4-8-30-16)20(25)17(31-22)10-13-6-7-14-15(9-13)29-11-28-14/h4-10,19H,3,11H2,1-2H3/b17-10+. The molecular weight excluding hydrogens is 436 g/mol. The Balaban J connectivity index is 1.68. The summed E-state index contributed by atoms with van der Waals surface area (Å²) in [5.41, 5.74) is 1.58. The van der Waals surface area contributed by atoms with Crippen LogP contribution in [0.4, 0.5) is 0 Å². The van der Waals surface area contributed by atoms with Crippen molar-refractivity contribution in [3.05, 3.63) is 77.1 Å². The number of aromatic nitrogens is 1. The van der Waals surface area contributed by atoms with Gasteiger partial charge in [0.1, 0.15) is 6.04 Å². The molecule has 2 aliphatic rings. The molecule has 0 spiro atoms. The summed E-state index contributed by atoms with van der Waals surface area (Å²) in [6, 6.07) is 8.80. The lowest BCUT2D eigenvalue weighted by atomic mass is 10.0. The van der Waals surface area contributed by atoms with Crippen molar-refractivity contribution in [2.75, 3.05) is 13.4 Å². The number of hydrogen-bond acceptors (Lipinski definition) is 8. The van der Waals surface area contributed by atoms with Crippen LogP contribution in [0, 0.1) is 0 Å². The zero-order valence-electron chi connectivity index (χ0n) is 16.8. The quantitative estimate of drug-likeness (QED) is 0.567. The van der Waals surface area contributed by atoms with E-state index in [-0.39, 0.29) is 19.0 Å². The van der Waals surface area contributed by atoms with E-state index in [0.29, 0.717) is 32.1 Å². The van der Waals surface area contributed by atoms with Crippen molar-refractivity contribution in [2.45, 2.75) is 19.9 Å². The van der Waals surface area contributed by atoms with Crippen molar-refractivity contribution in [3.63, 3.8) is 0 Å². The molecule has 2 aromatic heterocycles. The number of carbonyl (C=O) groups excluding carboxylic acids is 1. The molecule has 0 aliphatic carbocycles. The topological polar surface area (TPSA) is 79.1 Å². The highest BCUT2D eigenvalue weighted by Crippen LogP contribution is 2.34. The fourth-order valence-electron chi connectivity index (χ4n) is 3.66. The van der Waals surface area contributed by atoms with E-state index in [2.05, 4.69) is 4.99 Å². The van der Waals surface area contributed by atoms with Gasteiger partial charge in [-0.25, -0.2) is 9.79 Å². The molecule has 0 bridgehead atoms. The zero-order chi connectivity index (χ0) is 21.5. The Morgan fingerprint density at radius 3 is 2.94 bits per heavy atom. The van der Waals surface area contributed by atoms with E-state index in [1.165, 1.54) is 22.7 Å². The first-order valence-electron chi connectivity index (χ1n) is 9.69. The molecule has 2 aliphatic heterocycles.